The summed E-state index contributed by atoms with van der Waals surface area (Å²) in [5, 5.41) is 8.26. The highest BCUT2D eigenvalue weighted by Gasteiger charge is 2.25. The van der Waals surface area contributed by atoms with Crippen molar-refractivity contribution in [3.8, 4) is 0 Å². The maximum atomic E-state index is 13.0. The molecule has 0 saturated heterocycles. The molecule has 25 heavy (non-hydrogen) atoms. The standard InChI is InChI=1S/C19H17N5O/c20-8-14(9-21)16-11-23-18-15(16)7-13(10-22-18)19(25)24-6-5-12-3-1-2-4-17(12)24/h1-4,7-11,20H,5-6,21H2,(H,22,23). The Bertz CT molecular complexity index is 1020. The zero-order valence-corrected chi connectivity index (χ0v) is 13.5. The van der Waals surface area contributed by atoms with Crippen molar-refractivity contribution < 1.29 is 4.79 Å². The molecular formula is C19H17N5O. The maximum Gasteiger partial charge on any atom is 0.259 e. The van der Waals surface area contributed by atoms with Gasteiger partial charge in [0.2, 0.25) is 0 Å². The van der Waals surface area contributed by atoms with Crippen molar-refractivity contribution in [1.29, 1.82) is 5.41 Å². The second-order valence-electron chi connectivity index (χ2n) is 5.92. The molecule has 3 aromatic rings. The number of aromatic nitrogens is 2. The number of fused-ring (bicyclic) bond motifs is 2. The van der Waals surface area contributed by atoms with E-state index < -0.39 is 0 Å². The Balaban J connectivity index is 1.76. The van der Waals surface area contributed by atoms with Crippen molar-refractivity contribution in [2.75, 3.05) is 11.4 Å². The molecule has 0 aliphatic carbocycles. The SMILES string of the molecule is N=CC(=CN)c1c[nH]c2ncc(C(=O)N3CCc4ccccc43)cc12. The average Bonchev–Trinajstić information content (AvgIpc) is 3.26. The number of amides is 1. The van der Waals surface area contributed by atoms with Crippen LogP contribution in [-0.4, -0.2) is 28.6 Å². The number of nitrogens with two attached hydrogens (primary N) is 1. The molecule has 4 N–H and O–H groups in total. The number of aromatic amines is 1. The summed E-state index contributed by atoms with van der Waals surface area (Å²) in [6.07, 6.45) is 6.76. The van der Waals surface area contributed by atoms with Gasteiger partial charge in [0, 0.05) is 53.6 Å². The van der Waals surface area contributed by atoms with Crippen molar-refractivity contribution in [2.45, 2.75) is 6.42 Å². The summed E-state index contributed by atoms with van der Waals surface area (Å²) in [4.78, 5) is 22.2. The van der Waals surface area contributed by atoms with E-state index in [4.69, 9.17) is 11.1 Å². The molecular weight excluding hydrogens is 314 g/mol. The molecule has 0 unspecified atom stereocenters. The van der Waals surface area contributed by atoms with Gasteiger partial charge in [-0.3, -0.25) is 4.79 Å². The molecule has 6 nitrogen and oxygen atoms in total. The van der Waals surface area contributed by atoms with Crippen LogP contribution in [0.1, 0.15) is 21.5 Å². The van der Waals surface area contributed by atoms with Crippen molar-refractivity contribution in [3.63, 3.8) is 0 Å². The molecule has 0 fully saturated rings. The lowest BCUT2D eigenvalue weighted by Gasteiger charge is -2.17. The molecule has 0 bridgehead atoms. The quantitative estimate of drug-likeness (QED) is 0.643. The van der Waals surface area contributed by atoms with Gasteiger partial charge in [0.1, 0.15) is 5.65 Å². The van der Waals surface area contributed by atoms with Gasteiger partial charge in [0.05, 0.1) is 5.56 Å². The Kier molecular flexibility index (Phi) is 3.57. The molecule has 6 heteroatoms. The molecule has 1 aromatic carbocycles. The molecule has 1 aliphatic heterocycles. The molecule has 0 saturated carbocycles. The molecule has 2 aromatic heterocycles. The summed E-state index contributed by atoms with van der Waals surface area (Å²) in [5.41, 5.74) is 10.3. The van der Waals surface area contributed by atoms with Crippen LogP contribution in [0.3, 0.4) is 0 Å². The van der Waals surface area contributed by atoms with E-state index in [-0.39, 0.29) is 5.91 Å². The largest absolute Gasteiger partial charge is 0.404 e. The number of carbonyl (C=O) groups is 1. The molecule has 1 aliphatic rings. The Morgan fingerprint density at radius 2 is 2.20 bits per heavy atom. The zero-order chi connectivity index (χ0) is 17.4. The summed E-state index contributed by atoms with van der Waals surface area (Å²) in [6.45, 7) is 0.671. The maximum absolute atomic E-state index is 13.0. The highest BCUT2D eigenvalue weighted by atomic mass is 16.2. The van der Waals surface area contributed by atoms with Crippen LogP contribution in [0.2, 0.25) is 0 Å². The fourth-order valence-corrected chi connectivity index (χ4v) is 3.28. The topological polar surface area (TPSA) is 98.9 Å². The van der Waals surface area contributed by atoms with Crippen LogP contribution in [0, 0.1) is 5.41 Å². The monoisotopic (exact) mass is 331 g/mol. The number of nitrogens with one attached hydrogen (secondary N) is 2. The van der Waals surface area contributed by atoms with E-state index in [9.17, 15) is 4.79 Å². The number of anilines is 1. The van der Waals surface area contributed by atoms with Crippen LogP contribution < -0.4 is 10.6 Å². The minimum atomic E-state index is -0.0698. The summed E-state index contributed by atoms with van der Waals surface area (Å²) in [6, 6.07) is 9.77. The Labute approximate surface area is 144 Å². The van der Waals surface area contributed by atoms with E-state index in [1.165, 1.54) is 18.0 Å². The van der Waals surface area contributed by atoms with Crippen molar-refractivity contribution in [1.82, 2.24) is 9.97 Å². The van der Waals surface area contributed by atoms with Crippen LogP contribution in [0.4, 0.5) is 5.69 Å². The third-order valence-electron chi connectivity index (χ3n) is 4.56. The lowest BCUT2D eigenvalue weighted by molar-refractivity contribution is 0.0989. The van der Waals surface area contributed by atoms with E-state index in [1.807, 2.05) is 24.3 Å². The number of pyridine rings is 1. The van der Waals surface area contributed by atoms with Gasteiger partial charge in [-0.05, 0) is 24.1 Å². The average molecular weight is 331 g/mol. The summed E-state index contributed by atoms with van der Waals surface area (Å²) >= 11 is 0. The van der Waals surface area contributed by atoms with Crippen molar-refractivity contribution in [2.24, 2.45) is 5.73 Å². The normalized spacial score (nSPS) is 13.9. The second kappa shape index (κ2) is 5.90. The molecule has 124 valence electrons. The Morgan fingerprint density at radius 1 is 1.36 bits per heavy atom. The minimum Gasteiger partial charge on any atom is -0.404 e. The predicted molar refractivity (Wildman–Crippen MR) is 98.9 cm³/mol. The molecule has 4 rings (SSSR count). The summed E-state index contributed by atoms with van der Waals surface area (Å²) < 4.78 is 0. The van der Waals surface area contributed by atoms with Gasteiger partial charge < -0.3 is 21.0 Å². The van der Waals surface area contributed by atoms with E-state index in [2.05, 4.69) is 16.0 Å². The van der Waals surface area contributed by atoms with Gasteiger partial charge in [0.25, 0.3) is 5.91 Å². The van der Waals surface area contributed by atoms with Gasteiger partial charge in [0.15, 0.2) is 0 Å². The van der Waals surface area contributed by atoms with Crippen molar-refractivity contribution in [3.05, 3.63) is 65.6 Å². The van der Waals surface area contributed by atoms with E-state index >= 15 is 0 Å². The number of rotatable bonds is 3. The highest BCUT2D eigenvalue weighted by Crippen LogP contribution is 2.30. The highest BCUT2D eigenvalue weighted by molar-refractivity contribution is 6.14. The fourth-order valence-electron chi connectivity index (χ4n) is 3.28. The van der Waals surface area contributed by atoms with Gasteiger partial charge >= 0.3 is 0 Å². The lowest BCUT2D eigenvalue weighted by Crippen LogP contribution is -2.28. The molecule has 1 amide bonds. The minimum absolute atomic E-state index is 0.0698. The third kappa shape index (κ3) is 2.39. The van der Waals surface area contributed by atoms with E-state index in [0.717, 1.165) is 23.1 Å². The van der Waals surface area contributed by atoms with Gasteiger partial charge in [-0.1, -0.05) is 18.2 Å². The first-order chi connectivity index (χ1) is 12.2. The summed E-state index contributed by atoms with van der Waals surface area (Å²) in [5.74, 6) is -0.0698. The van der Waals surface area contributed by atoms with Gasteiger partial charge in [-0.2, -0.15) is 0 Å². The van der Waals surface area contributed by atoms with Gasteiger partial charge in [-0.15, -0.1) is 0 Å². The smallest absolute Gasteiger partial charge is 0.259 e. The second-order valence-corrected chi connectivity index (χ2v) is 5.92. The fraction of sp³-hybridized carbons (Fsp3) is 0.105. The molecule has 0 atom stereocenters. The number of H-pyrrole nitrogens is 1. The number of allylic oxidation sites excluding steroid dienone is 1. The first kappa shape index (κ1) is 15.1. The van der Waals surface area contributed by atoms with Crippen LogP contribution in [-0.2, 0) is 6.42 Å². The first-order valence-corrected chi connectivity index (χ1v) is 8.02. The number of hydrogen-bond donors (Lipinski definition) is 3. The van der Waals surface area contributed by atoms with Crippen LogP contribution in [0.15, 0.2) is 48.9 Å². The number of carbonyl (C=O) groups excluding carboxylic acids is 1. The van der Waals surface area contributed by atoms with Gasteiger partial charge in [-0.25, -0.2) is 4.98 Å². The molecule has 0 radical (unpaired) electrons. The number of nitrogens with zero attached hydrogens (tertiary/aromatic N) is 2. The molecule has 0 spiro atoms. The third-order valence-corrected chi connectivity index (χ3v) is 4.56. The molecule has 3 heterocycles. The Morgan fingerprint density at radius 3 is 3.00 bits per heavy atom. The zero-order valence-electron chi connectivity index (χ0n) is 13.5. The van der Waals surface area contributed by atoms with Crippen LogP contribution in [0.5, 0.6) is 0 Å². The Hall–Kier alpha value is -3.41. The van der Waals surface area contributed by atoms with Crippen molar-refractivity contribution >= 4 is 34.4 Å². The predicted octanol–water partition coefficient (Wildman–Crippen LogP) is 2.71. The first-order valence-electron chi connectivity index (χ1n) is 8.02. The number of para-hydroxylation sites is 1. The number of hydrogen-bond acceptors (Lipinski definition) is 4. The number of benzene rings is 1. The lowest BCUT2D eigenvalue weighted by atomic mass is 10.1. The van der Waals surface area contributed by atoms with E-state index in [1.54, 1.807) is 17.3 Å². The van der Waals surface area contributed by atoms with E-state index in [0.29, 0.717) is 23.3 Å². The summed E-state index contributed by atoms with van der Waals surface area (Å²) in [7, 11) is 0. The van der Waals surface area contributed by atoms with Crippen LogP contribution >= 0.6 is 0 Å². The van der Waals surface area contributed by atoms with Crippen LogP contribution in [0.25, 0.3) is 16.6 Å².